The summed E-state index contributed by atoms with van der Waals surface area (Å²) in [7, 11) is 0. The number of anilines is 1. The molecule has 1 fully saturated rings. The molecular formula is C11H9N3O3. The Bertz CT molecular complexity index is 521. The van der Waals surface area contributed by atoms with Gasteiger partial charge in [-0.05, 0) is 12.1 Å². The highest BCUT2D eigenvalue weighted by molar-refractivity contribution is 5.99. The number of amides is 1. The zero-order chi connectivity index (χ0) is 12.4. The van der Waals surface area contributed by atoms with Crippen LogP contribution in [0.4, 0.5) is 5.82 Å². The van der Waals surface area contributed by atoms with Gasteiger partial charge < -0.3 is 5.11 Å². The van der Waals surface area contributed by atoms with E-state index in [-0.39, 0.29) is 30.3 Å². The van der Waals surface area contributed by atoms with Crippen molar-refractivity contribution in [3.05, 3.63) is 23.9 Å². The normalized spacial score (nSPS) is 19.1. The lowest BCUT2D eigenvalue weighted by molar-refractivity contribution is -0.141. The summed E-state index contributed by atoms with van der Waals surface area (Å²) in [6, 6.07) is 5.07. The zero-order valence-corrected chi connectivity index (χ0v) is 8.83. The number of hydrogen-bond acceptors (Lipinski definition) is 4. The van der Waals surface area contributed by atoms with Crippen LogP contribution in [0.25, 0.3) is 0 Å². The van der Waals surface area contributed by atoms with Crippen LogP contribution in [0.2, 0.25) is 0 Å². The number of carbonyl (C=O) groups is 2. The number of nitriles is 1. The van der Waals surface area contributed by atoms with E-state index in [0.29, 0.717) is 0 Å². The van der Waals surface area contributed by atoms with Crippen LogP contribution in [-0.4, -0.2) is 28.5 Å². The average Bonchev–Trinajstić information content (AvgIpc) is 2.71. The van der Waals surface area contributed by atoms with E-state index in [1.165, 1.54) is 11.1 Å². The molecule has 1 saturated heterocycles. The summed E-state index contributed by atoms with van der Waals surface area (Å²) < 4.78 is 0. The standard InChI is InChI=1S/C11H9N3O3/c12-5-7-2-1-3-13-10(7)14-6-8(11(16)17)4-9(14)15/h1-3,8H,4,6H2,(H,16,17). The fraction of sp³-hybridized carbons (Fsp3) is 0.273. The summed E-state index contributed by atoms with van der Waals surface area (Å²) >= 11 is 0. The van der Waals surface area contributed by atoms with Gasteiger partial charge in [0, 0.05) is 19.2 Å². The van der Waals surface area contributed by atoms with Gasteiger partial charge >= 0.3 is 5.97 Å². The number of aliphatic carboxylic acids is 1. The summed E-state index contributed by atoms with van der Waals surface area (Å²) in [4.78, 5) is 27.7. The Labute approximate surface area is 97.1 Å². The van der Waals surface area contributed by atoms with Crippen molar-refractivity contribution in [1.29, 1.82) is 5.26 Å². The monoisotopic (exact) mass is 231 g/mol. The van der Waals surface area contributed by atoms with Crippen LogP contribution in [0, 0.1) is 17.2 Å². The number of nitrogens with zero attached hydrogens (tertiary/aromatic N) is 3. The van der Waals surface area contributed by atoms with E-state index >= 15 is 0 Å². The molecule has 1 aromatic heterocycles. The van der Waals surface area contributed by atoms with Crippen LogP contribution in [-0.2, 0) is 9.59 Å². The third-order valence-electron chi connectivity index (χ3n) is 2.64. The molecule has 1 atom stereocenters. The molecular weight excluding hydrogens is 222 g/mol. The van der Waals surface area contributed by atoms with Crippen LogP contribution in [0.5, 0.6) is 0 Å². The van der Waals surface area contributed by atoms with E-state index in [4.69, 9.17) is 10.4 Å². The minimum Gasteiger partial charge on any atom is -0.481 e. The van der Waals surface area contributed by atoms with Gasteiger partial charge in [0.1, 0.15) is 6.07 Å². The molecule has 1 aliphatic heterocycles. The molecule has 0 radical (unpaired) electrons. The predicted molar refractivity (Wildman–Crippen MR) is 57.0 cm³/mol. The van der Waals surface area contributed by atoms with E-state index in [2.05, 4.69) is 4.98 Å². The molecule has 0 aliphatic carbocycles. The number of rotatable bonds is 2. The van der Waals surface area contributed by atoms with Gasteiger partial charge in [-0.1, -0.05) is 0 Å². The lowest BCUT2D eigenvalue weighted by atomic mass is 10.1. The number of hydrogen-bond donors (Lipinski definition) is 1. The molecule has 1 unspecified atom stereocenters. The van der Waals surface area contributed by atoms with Crippen molar-refractivity contribution in [2.45, 2.75) is 6.42 Å². The Morgan fingerprint density at radius 2 is 2.41 bits per heavy atom. The van der Waals surface area contributed by atoms with Crippen LogP contribution in [0.3, 0.4) is 0 Å². The first-order chi connectivity index (χ1) is 8.13. The quantitative estimate of drug-likeness (QED) is 0.794. The highest BCUT2D eigenvalue weighted by Crippen LogP contribution is 2.25. The summed E-state index contributed by atoms with van der Waals surface area (Å²) in [5.41, 5.74) is 0.270. The fourth-order valence-corrected chi connectivity index (χ4v) is 1.78. The molecule has 0 saturated carbocycles. The van der Waals surface area contributed by atoms with Gasteiger partial charge in [-0.2, -0.15) is 5.26 Å². The summed E-state index contributed by atoms with van der Waals surface area (Å²) in [6.45, 7) is 0.0693. The topological polar surface area (TPSA) is 94.3 Å². The van der Waals surface area contributed by atoms with E-state index in [9.17, 15) is 9.59 Å². The molecule has 1 aromatic rings. The van der Waals surface area contributed by atoms with Crippen LogP contribution < -0.4 is 4.90 Å². The Hall–Kier alpha value is -2.42. The second-order valence-electron chi connectivity index (χ2n) is 3.73. The van der Waals surface area contributed by atoms with Crippen LogP contribution >= 0.6 is 0 Å². The maximum absolute atomic E-state index is 11.7. The third-order valence-corrected chi connectivity index (χ3v) is 2.64. The smallest absolute Gasteiger partial charge is 0.308 e. The number of pyridine rings is 1. The van der Waals surface area contributed by atoms with Gasteiger partial charge in [0.25, 0.3) is 0 Å². The first-order valence-electron chi connectivity index (χ1n) is 5.01. The highest BCUT2D eigenvalue weighted by Gasteiger charge is 2.36. The Morgan fingerprint density at radius 1 is 1.65 bits per heavy atom. The number of aromatic nitrogens is 1. The maximum atomic E-state index is 11.7. The van der Waals surface area contributed by atoms with Gasteiger partial charge in [-0.25, -0.2) is 4.98 Å². The van der Waals surface area contributed by atoms with Crippen molar-refractivity contribution in [2.75, 3.05) is 11.4 Å². The van der Waals surface area contributed by atoms with Crippen molar-refractivity contribution in [3.63, 3.8) is 0 Å². The van der Waals surface area contributed by atoms with E-state index in [1.807, 2.05) is 6.07 Å². The lowest BCUT2D eigenvalue weighted by Crippen LogP contribution is -2.27. The lowest BCUT2D eigenvalue weighted by Gasteiger charge is -2.15. The largest absolute Gasteiger partial charge is 0.481 e. The van der Waals surface area contributed by atoms with Crippen molar-refractivity contribution in [3.8, 4) is 6.07 Å². The SMILES string of the molecule is N#Cc1cccnc1N1CC(C(=O)O)CC1=O. The zero-order valence-electron chi connectivity index (χ0n) is 8.83. The summed E-state index contributed by atoms with van der Waals surface area (Å²) in [5, 5.41) is 17.8. The first-order valence-corrected chi connectivity index (χ1v) is 5.01. The molecule has 1 N–H and O–H groups in total. The Balaban J connectivity index is 2.33. The van der Waals surface area contributed by atoms with Crippen LogP contribution in [0.1, 0.15) is 12.0 Å². The van der Waals surface area contributed by atoms with Gasteiger partial charge in [-0.3, -0.25) is 14.5 Å². The molecule has 0 spiro atoms. The van der Waals surface area contributed by atoms with Gasteiger partial charge in [-0.15, -0.1) is 0 Å². The van der Waals surface area contributed by atoms with Gasteiger partial charge in [0.05, 0.1) is 11.5 Å². The van der Waals surface area contributed by atoms with E-state index in [0.717, 1.165) is 0 Å². The number of carboxylic acids is 1. The van der Waals surface area contributed by atoms with Gasteiger partial charge in [0.15, 0.2) is 5.82 Å². The molecule has 6 nitrogen and oxygen atoms in total. The van der Waals surface area contributed by atoms with Crippen LogP contribution in [0.15, 0.2) is 18.3 Å². The second-order valence-corrected chi connectivity index (χ2v) is 3.73. The summed E-state index contributed by atoms with van der Waals surface area (Å²) in [5.74, 6) is -1.80. The maximum Gasteiger partial charge on any atom is 0.308 e. The van der Waals surface area contributed by atoms with Crippen molar-refractivity contribution >= 4 is 17.7 Å². The van der Waals surface area contributed by atoms with E-state index in [1.54, 1.807) is 12.1 Å². The number of carbonyl (C=O) groups excluding carboxylic acids is 1. The molecule has 6 heteroatoms. The molecule has 0 bridgehead atoms. The predicted octanol–water partition coefficient (Wildman–Crippen LogP) is 0.391. The van der Waals surface area contributed by atoms with Crippen molar-refractivity contribution < 1.29 is 14.7 Å². The van der Waals surface area contributed by atoms with E-state index < -0.39 is 11.9 Å². The van der Waals surface area contributed by atoms with Crippen molar-refractivity contribution in [1.82, 2.24) is 4.98 Å². The minimum atomic E-state index is -1.00. The summed E-state index contributed by atoms with van der Waals surface area (Å²) in [6.07, 6.45) is 1.42. The molecule has 1 amide bonds. The minimum absolute atomic E-state index is 0.0449. The van der Waals surface area contributed by atoms with Gasteiger partial charge in [0.2, 0.25) is 5.91 Å². The molecule has 2 heterocycles. The number of carboxylic acid groups (broad SMARTS) is 1. The molecule has 86 valence electrons. The van der Waals surface area contributed by atoms with Crippen molar-refractivity contribution in [2.24, 2.45) is 5.92 Å². The first kappa shape index (κ1) is 11.1. The molecule has 0 aromatic carbocycles. The fourth-order valence-electron chi connectivity index (χ4n) is 1.78. The second kappa shape index (κ2) is 4.22. The third kappa shape index (κ3) is 1.95. The molecule has 1 aliphatic rings. The Morgan fingerprint density at radius 3 is 3.00 bits per heavy atom. The Kier molecular flexibility index (Phi) is 2.75. The molecule has 17 heavy (non-hydrogen) atoms. The highest BCUT2D eigenvalue weighted by atomic mass is 16.4. The molecule has 2 rings (SSSR count). The average molecular weight is 231 g/mol.